The second kappa shape index (κ2) is 5.25. The van der Waals surface area contributed by atoms with Crippen LogP contribution in [0.1, 0.15) is 31.2 Å². The monoisotopic (exact) mass is 345 g/mol. The number of halogens is 1. The van der Waals surface area contributed by atoms with Gasteiger partial charge in [-0.05, 0) is 49.8 Å². The summed E-state index contributed by atoms with van der Waals surface area (Å²) in [5.41, 5.74) is 8.83. The molecule has 4 rings (SSSR count). The molecule has 1 fully saturated rings. The summed E-state index contributed by atoms with van der Waals surface area (Å²) in [6.45, 7) is 1.11. The minimum absolute atomic E-state index is 0.410. The topological polar surface area (TPSA) is 42.1 Å². The Morgan fingerprint density at radius 3 is 2.76 bits per heavy atom. The molecule has 0 atom stereocenters. The zero-order chi connectivity index (χ0) is 14.4. The van der Waals surface area contributed by atoms with Gasteiger partial charge in [-0.3, -0.25) is 4.98 Å². The van der Waals surface area contributed by atoms with Crippen molar-refractivity contribution in [3.05, 3.63) is 34.6 Å². The summed E-state index contributed by atoms with van der Waals surface area (Å²) in [4.78, 5) is 7.02. The van der Waals surface area contributed by atoms with Gasteiger partial charge in [0.15, 0.2) is 0 Å². The van der Waals surface area contributed by atoms with E-state index >= 15 is 0 Å². The van der Waals surface area contributed by atoms with Gasteiger partial charge >= 0.3 is 0 Å². The number of nitrogens with zero attached hydrogens (tertiary/aromatic N) is 2. The lowest BCUT2D eigenvalue weighted by Gasteiger charge is -2.40. The Labute approximate surface area is 133 Å². The van der Waals surface area contributed by atoms with Gasteiger partial charge in [0, 0.05) is 52.0 Å². The predicted molar refractivity (Wildman–Crippen MR) is 90.7 cm³/mol. The number of benzene rings is 1. The average molecular weight is 346 g/mol. The molecule has 1 saturated carbocycles. The molecular weight excluding hydrogens is 326 g/mol. The van der Waals surface area contributed by atoms with Crippen LogP contribution in [0.3, 0.4) is 0 Å². The Kier molecular flexibility index (Phi) is 3.38. The Morgan fingerprint density at radius 2 is 1.95 bits per heavy atom. The highest BCUT2D eigenvalue weighted by molar-refractivity contribution is 9.10. The van der Waals surface area contributed by atoms with Crippen LogP contribution >= 0.6 is 15.9 Å². The molecule has 0 amide bonds. The third-order valence-electron chi connectivity index (χ3n) is 5.04. The van der Waals surface area contributed by atoms with E-state index in [0.29, 0.717) is 12.1 Å². The minimum Gasteiger partial charge on any atom is -0.368 e. The van der Waals surface area contributed by atoms with E-state index in [4.69, 9.17) is 5.73 Å². The molecule has 110 valence electrons. The van der Waals surface area contributed by atoms with Crippen LogP contribution in [0.15, 0.2) is 29.0 Å². The van der Waals surface area contributed by atoms with Crippen molar-refractivity contribution in [1.82, 2.24) is 4.98 Å². The molecule has 1 aromatic carbocycles. The van der Waals surface area contributed by atoms with Crippen molar-refractivity contribution >= 4 is 32.4 Å². The highest BCUT2D eigenvalue weighted by Gasteiger charge is 2.28. The molecule has 0 bridgehead atoms. The van der Waals surface area contributed by atoms with E-state index in [1.807, 2.05) is 12.4 Å². The molecule has 0 spiro atoms. The molecule has 1 aliphatic carbocycles. The molecule has 0 unspecified atom stereocenters. The van der Waals surface area contributed by atoms with Crippen molar-refractivity contribution in [3.8, 4) is 0 Å². The number of aromatic nitrogens is 1. The average Bonchev–Trinajstić information content (AvgIpc) is 2.52. The van der Waals surface area contributed by atoms with Crippen LogP contribution < -0.4 is 10.6 Å². The Bertz CT molecular complexity index is 677. The maximum Gasteiger partial charge on any atom is 0.0453 e. The molecule has 2 aliphatic rings. The molecule has 1 aliphatic heterocycles. The van der Waals surface area contributed by atoms with E-state index in [9.17, 15) is 0 Å². The second-order valence-corrected chi connectivity index (χ2v) is 7.15. The lowest BCUT2D eigenvalue weighted by atomic mass is 9.88. The van der Waals surface area contributed by atoms with Crippen molar-refractivity contribution in [2.75, 3.05) is 11.4 Å². The fraction of sp³-hybridized carbons (Fsp3) is 0.471. The first-order valence-corrected chi connectivity index (χ1v) is 8.60. The predicted octanol–water partition coefficient (Wildman–Crippen LogP) is 3.63. The number of hydrogen-bond donors (Lipinski definition) is 1. The molecule has 0 radical (unpaired) electrons. The minimum atomic E-state index is 0.410. The summed E-state index contributed by atoms with van der Waals surface area (Å²) in [6, 6.07) is 5.49. The molecule has 2 N–H and O–H groups in total. The van der Waals surface area contributed by atoms with Crippen molar-refractivity contribution in [1.29, 1.82) is 0 Å². The molecule has 0 saturated heterocycles. The van der Waals surface area contributed by atoms with E-state index in [2.05, 4.69) is 37.9 Å². The summed E-state index contributed by atoms with van der Waals surface area (Å²) in [7, 11) is 0. The van der Waals surface area contributed by atoms with Gasteiger partial charge in [-0.1, -0.05) is 15.9 Å². The van der Waals surface area contributed by atoms with E-state index in [1.54, 1.807) is 0 Å². The highest BCUT2D eigenvalue weighted by Crippen LogP contribution is 2.39. The lowest BCUT2D eigenvalue weighted by Crippen LogP contribution is -2.43. The van der Waals surface area contributed by atoms with Crippen LogP contribution in [-0.2, 0) is 6.42 Å². The van der Waals surface area contributed by atoms with Gasteiger partial charge < -0.3 is 10.6 Å². The number of rotatable bonds is 1. The quantitative estimate of drug-likeness (QED) is 0.857. The van der Waals surface area contributed by atoms with Crippen LogP contribution in [0.4, 0.5) is 5.69 Å². The van der Waals surface area contributed by atoms with E-state index in [1.165, 1.54) is 34.9 Å². The maximum absolute atomic E-state index is 6.07. The van der Waals surface area contributed by atoms with E-state index in [-0.39, 0.29) is 0 Å². The Morgan fingerprint density at radius 1 is 1.14 bits per heavy atom. The first-order valence-electron chi connectivity index (χ1n) is 7.81. The fourth-order valence-electron chi connectivity index (χ4n) is 3.90. The van der Waals surface area contributed by atoms with E-state index < -0.39 is 0 Å². The van der Waals surface area contributed by atoms with Gasteiger partial charge in [0.05, 0.1) is 0 Å². The summed E-state index contributed by atoms with van der Waals surface area (Å²) in [5, 5.41) is 2.63. The van der Waals surface area contributed by atoms with Crippen molar-refractivity contribution < 1.29 is 0 Å². The number of pyridine rings is 1. The lowest BCUT2D eigenvalue weighted by molar-refractivity contribution is 0.375. The van der Waals surface area contributed by atoms with Crippen molar-refractivity contribution in [2.24, 2.45) is 5.73 Å². The first kappa shape index (κ1) is 13.5. The zero-order valence-corrected chi connectivity index (χ0v) is 13.6. The van der Waals surface area contributed by atoms with Gasteiger partial charge in [-0.15, -0.1) is 0 Å². The molecule has 4 heteroatoms. The van der Waals surface area contributed by atoms with Crippen LogP contribution in [0.25, 0.3) is 10.8 Å². The van der Waals surface area contributed by atoms with E-state index in [0.717, 1.165) is 30.3 Å². The van der Waals surface area contributed by atoms with Gasteiger partial charge in [0.1, 0.15) is 0 Å². The molecule has 21 heavy (non-hydrogen) atoms. The maximum atomic E-state index is 6.07. The first-order chi connectivity index (χ1) is 10.2. The third kappa shape index (κ3) is 2.25. The molecule has 1 aromatic heterocycles. The smallest absolute Gasteiger partial charge is 0.0453 e. The van der Waals surface area contributed by atoms with Gasteiger partial charge in [0.25, 0.3) is 0 Å². The van der Waals surface area contributed by atoms with Gasteiger partial charge in [-0.25, -0.2) is 0 Å². The molecule has 2 aromatic rings. The molecular formula is C17H20BrN3. The molecule has 3 nitrogen and oxygen atoms in total. The normalized spacial score (nSPS) is 25.3. The summed E-state index contributed by atoms with van der Waals surface area (Å²) in [6.07, 6.45) is 9.86. The SMILES string of the molecule is NC1CCC(N2CCc3cncc4c(Br)ccc2c34)CC1. The van der Waals surface area contributed by atoms with Crippen molar-refractivity contribution in [3.63, 3.8) is 0 Å². The van der Waals surface area contributed by atoms with Crippen molar-refractivity contribution in [2.45, 2.75) is 44.2 Å². The standard InChI is InChI=1S/C17H20BrN3/c18-15-5-6-16-17-11(9-20-10-14(15)17)7-8-21(16)13-3-1-12(19)2-4-13/h5-6,9-10,12-13H,1-4,7-8,19H2. The summed E-state index contributed by atoms with van der Waals surface area (Å²) < 4.78 is 1.14. The van der Waals surface area contributed by atoms with Gasteiger partial charge in [-0.2, -0.15) is 0 Å². The fourth-order valence-corrected chi connectivity index (χ4v) is 4.33. The zero-order valence-electron chi connectivity index (χ0n) is 12.1. The van der Waals surface area contributed by atoms with Crippen LogP contribution in [-0.4, -0.2) is 23.6 Å². The Hall–Kier alpha value is -1.13. The number of nitrogens with two attached hydrogens (primary N) is 1. The largest absolute Gasteiger partial charge is 0.368 e. The molecule has 2 heterocycles. The number of hydrogen-bond acceptors (Lipinski definition) is 3. The second-order valence-electron chi connectivity index (χ2n) is 6.30. The highest BCUT2D eigenvalue weighted by atomic mass is 79.9. The third-order valence-corrected chi connectivity index (χ3v) is 5.73. The van der Waals surface area contributed by atoms with Gasteiger partial charge in [0.2, 0.25) is 0 Å². The van der Waals surface area contributed by atoms with Crippen LogP contribution in [0.5, 0.6) is 0 Å². The van der Waals surface area contributed by atoms with Crippen LogP contribution in [0.2, 0.25) is 0 Å². The summed E-state index contributed by atoms with van der Waals surface area (Å²) in [5.74, 6) is 0. The Balaban J connectivity index is 1.79. The van der Waals surface area contributed by atoms with Crippen LogP contribution in [0, 0.1) is 0 Å². The summed E-state index contributed by atoms with van der Waals surface area (Å²) >= 11 is 3.67. The number of anilines is 1.